The molecule has 0 saturated carbocycles. The fraction of sp³-hybridized carbons (Fsp3) is 0.182. The first-order valence-electron chi connectivity index (χ1n) is 10.5. The Bertz CT molecular complexity index is 1090. The highest BCUT2D eigenvalue weighted by Crippen LogP contribution is 2.45. The Balaban J connectivity index is 1.79. The molecule has 1 spiro atoms. The summed E-state index contributed by atoms with van der Waals surface area (Å²) in [4.78, 5) is 0. The molecule has 0 aromatic heterocycles. The molecule has 0 saturated heterocycles. The molecule has 2 atom stereocenters. The van der Waals surface area contributed by atoms with Gasteiger partial charge in [-0.05, 0) is 27.6 Å². The van der Waals surface area contributed by atoms with Crippen LogP contribution in [0.3, 0.4) is 0 Å². The van der Waals surface area contributed by atoms with E-state index in [-0.39, 0.29) is 0 Å². The smallest absolute Gasteiger partial charge is 0.0854 e. The van der Waals surface area contributed by atoms with Crippen LogP contribution in [0.5, 0.6) is 0 Å². The Morgan fingerprint density at radius 1 is 0.704 bits per heavy atom. The summed E-state index contributed by atoms with van der Waals surface area (Å²) in [5, 5.41) is 0.347. The fourth-order valence-electron chi connectivity index (χ4n) is 6.54. The van der Waals surface area contributed by atoms with Gasteiger partial charge in [0, 0.05) is 5.92 Å². The SMILES string of the molecule is Bc1cccc(B)c1[C@H]1c2c3cccc2B[C@@]2(CB3)CBc3cccc2c31. The van der Waals surface area contributed by atoms with Gasteiger partial charge in [-0.25, -0.2) is 0 Å². The minimum Gasteiger partial charge on any atom is -0.0854 e. The van der Waals surface area contributed by atoms with Crippen molar-refractivity contribution >= 4 is 64.8 Å². The van der Waals surface area contributed by atoms with Gasteiger partial charge in [-0.3, -0.25) is 0 Å². The first kappa shape index (κ1) is 16.0. The largest absolute Gasteiger partial charge is 0.168 e. The van der Waals surface area contributed by atoms with Gasteiger partial charge in [0.05, 0.1) is 0 Å². The lowest BCUT2D eigenvalue weighted by Crippen LogP contribution is -2.46. The van der Waals surface area contributed by atoms with Crippen LogP contribution in [0.25, 0.3) is 0 Å². The predicted molar refractivity (Wildman–Crippen MR) is 128 cm³/mol. The van der Waals surface area contributed by atoms with E-state index in [1.807, 2.05) is 0 Å². The maximum Gasteiger partial charge on any atom is 0.168 e. The molecule has 3 aliphatic rings. The molecule has 0 amide bonds. The van der Waals surface area contributed by atoms with Crippen molar-refractivity contribution < 1.29 is 0 Å². The van der Waals surface area contributed by atoms with Crippen molar-refractivity contribution in [1.29, 1.82) is 0 Å². The quantitative estimate of drug-likeness (QED) is 0.435. The average molecular weight is 339 g/mol. The third-order valence-electron chi connectivity index (χ3n) is 7.74. The van der Waals surface area contributed by atoms with E-state index in [1.54, 1.807) is 38.6 Å². The summed E-state index contributed by atoms with van der Waals surface area (Å²) in [5.41, 5.74) is 14.2. The molecule has 0 aliphatic carbocycles. The molecule has 27 heavy (non-hydrogen) atoms. The summed E-state index contributed by atoms with van der Waals surface area (Å²) in [7, 11) is 8.32. The van der Waals surface area contributed by atoms with Crippen LogP contribution in [0, 0.1) is 0 Å². The van der Waals surface area contributed by atoms with Crippen molar-refractivity contribution in [2.75, 3.05) is 0 Å². The van der Waals surface area contributed by atoms with Gasteiger partial charge >= 0.3 is 0 Å². The van der Waals surface area contributed by atoms with Gasteiger partial charge in [0.15, 0.2) is 21.8 Å². The third-order valence-corrected chi connectivity index (χ3v) is 7.74. The summed E-state index contributed by atoms with van der Waals surface area (Å²) in [6.45, 7) is 0. The Hall–Kier alpha value is -2.02. The monoisotopic (exact) mass is 340 g/mol. The molecule has 7 bridgehead atoms. The molecule has 3 aromatic carbocycles. The molecule has 3 aliphatic heterocycles. The lowest BCUT2D eigenvalue weighted by molar-refractivity contribution is 0.726. The highest BCUT2D eigenvalue weighted by molar-refractivity contribution is 6.69. The molecule has 0 unspecified atom stereocenters. The van der Waals surface area contributed by atoms with Crippen LogP contribution in [0.15, 0.2) is 54.6 Å². The van der Waals surface area contributed by atoms with Crippen LogP contribution in [0.2, 0.25) is 12.6 Å². The molecule has 124 valence electrons. The van der Waals surface area contributed by atoms with E-state index in [0.717, 1.165) is 0 Å². The van der Waals surface area contributed by atoms with Gasteiger partial charge in [0.2, 0.25) is 0 Å². The van der Waals surface area contributed by atoms with Gasteiger partial charge in [-0.1, -0.05) is 94.6 Å². The van der Waals surface area contributed by atoms with Gasteiger partial charge in [-0.2, -0.15) is 0 Å². The summed E-state index contributed by atoms with van der Waals surface area (Å²) in [6.07, 6.45) is 2.63. The van der Waals surface area contributed by atoms with E-state index in [0.29, 0.717) is 11.2 Å². The maximum absolute atomic E-state index is 2.47. The second-order valence-electron chi connectivity index (χ2n) is 9.06. The summed E-state index contributed by atoms with van der Waals surface area (Å²) >= 11 is 0. The van der Waals surface area contributed by atoms with Crippen LogP contribution < -0.4 is 27.3 Å². The fourth-order valence-corrected chi connectivity index (χ4v) is 6.54. The number of benzene rings is 3. The molecule has 3 heterocycles. The topological polar surface area (TPSA) is 0 Å². The molecule has 0 radical (unpaired) electrons. The van der Waals surface area contributed by atoms with Crippen molar-refractivity contribution in [3.8, 4) is 0 Å². The summed E-state index contributed by atoms with van der Waals surface area (Å²) in [5.74, 6) is 0.408. The second-order valence-corrected chi connectivity index (χ2v) is 9.06. The summed E-state index contributed by atoms with van der Waals surface area (Å²) < 4.78 is 0. The third kappa shape index (κ3) is 2.06. The molecular weight excluding hydrogens is 318 g/mol. The Morgan fingerprint density at radius 3 is 2.04 bits per heavy atom. The molecule has 5 heteroatoms. The van der Waals surface area contributed by atoms with Crippen LogP contribution >= 0.6 is 0 Å². The normalized spacial score (nSPS) is 23.5. The first-order valence-corrected chi connectivity index (χ1v) is 10.5. The maximum atomic E-state index is 2.47. The molecule has 0 nitrogen and oxygen atoms in total. The second kappa shape index (κ2) is 5.50. The number of hydrogen-bond acceptors (Lipinski definition) is 0. The van der Waals surface area contributed by atoms with Crippen LogP contribution in [0.4, 0.5) is 0 Å². The van der Waals surface area contributed by atoms with Gasteiger partial charge in [0.25, 0.3) is 0 Å². The minimum absolute atomic E-state index is 0.347. The molecular formula is C22H21B5. The van der Waals surface area contributed by atoms with Crippen molar-refractivity contribution in [2.45, 2.75) is 23.9 Å². The zero-order valence-electron chi connectivity index (χ0n) is 16.3. The van der Waals surface area contributed by atoms with E-state index in [4.69, 9.17) is 0 Å². The number of hydrogen-bond donors (Lipinski definition) is 0. The van der Waals surface area contributed by atoms with Gasteiger partial charge < -0.3 is 0 Å². The number of rotatable bonds is 1. The van der Waals surface area contributed by atoms with Crippen molar-refractivity contribution in [3.63, 3.8) is 0 Å². The minimum atomic E-state index is 0.347. The predicted octanol–water partition coefficient (Wildman–Crippen LogP) is -2.36. The van der Waals surface area contributed by atoms with E-state index >= 15 is 0 Å². The highest BCUT2D eigenvalue weighted by Gasteiger charge is 2.47. The van der Waals surface area contributed by atoms with Gasteiger partial charge in [0.1, 0.15) is 15.7 Å². The van der Waals surface area contributed by atoms with Crippen LogP contribution in [-0.4, -0.2) is 37.5 Å². The Morgan fingerprint density at radius 2 is 1.30 bits per heavy atom. The standard InChI is InChI=1S/C22H21B5/c23-13-5-2-6-14(24)19(13)21-18-12-4-1-7-15(18)25-10-22(12)11-26-16-8-3-9-17(27-22)20(16)21/h1-9,21,25-27H,10-11,23-24H2/t21-,22+/m0/s1. The molecule has 6 rings (SSSR count). The lowest BCUT2D eigenvalue weighted by atomic mass is 9.33. The molecule has 0 fully saturated rings. The van der Waals surface area contributed by atoms with Gasteiger partial charge in [-0.15, -0.1) is 0 Å². The van der Waals surface area contributed by atoms with E-state index in [2.05, 4.69) is 70.3 Å². The Labute approximate surface area is 165 Å². The lowest BCUT2D eigenvalue weighted by Gasteiger charge is -2.41. The molecule has 0 N–H and O–H groups in total. The van der Waals surface area contributed by atoms with E-state index < -0.39 is 0 Å². The zero-order chi connectivity index (χ0) is 18.2. The average Bonchev–Trinajstić information content (AvgIpc) is 2.79. The van der Waals surface area contributed by atoms with Crippen molar-refractivity contribution in [2.24, 2.45) is 0 Å². The van der Waals surface area contributed by atoms with E-state index in [9.17, 15) is 0 Å². The molecule has 3 aromatic rings. The highest BCUT2D eigenvalue weighted by atomic mass is 14.4. The van der Waals surface area contributed by atoms with Crippen LogP contribution in [-0.2, 0) is 5.31 Å². The zero-order valence-corrected chi connectivity index (χ0v) is 16.3. The van der Waals surface area contributed by atoms with Crippen molar-refractivity contribution in [1.82, 2.24) is 0 Å². The first-order chi connectivity index (χ1) is 13.2. The Kier molecular flexibility index (Phi) is 3.26. The van der Waals surface area contributed by atoms with E-state index in [1.165, 1.54) is 45.4 Å². The van der Waals surface area contributed by atoms with Crippen molar-refractivity contribution in [3.05, 3.63) is 76.9 Å². The summed E-state index contributed by atoms with van der Waals surface area (Å²) in [6, 6.07) is 21.2. The van der Waals surface area contributed by atoms with Crippen LogP contribution in [0.1, 0.15) is 28.2 Å².